The summed E-state index contributed by atoms with van der Waals surface area (Å²) in [6.07, 6.45) is 3.54. The van der Waals surface area contributed by atoms with Crippen molar-refractivity contribution in [2.45, 2.75) is 46.2 Å². The molecule has 1 aromatic carbocycles. The zero-order valence-corrected chi connectivity index (χ0v) is 23.7. The Bertz CT molecular complexity index is 1400. The van der Waals surface area contributed by atoms with Gasteiger partial charge in [-0.1, -0.05) is 31.5 Å². The normalized spacial score (nSPS) is 17.6. The van der Waals surface area contributed by atoms with Crippen LogP contribution in [-0.4, -0.2) is 50.4 Å². The van der Waals surface area contributed by atoms with Gasteiger partial charge < -0.3 is 15.6 Å². The van der Waals surface area contributed by atoms with Crippen molar-refractivity contribution >= 4 is 41.2 Å². The van der Waals surface area contributed by atoms with Crippen molar-refractivity contribution < 1.29 is 14.4 Å². The van der Waals surface area contributed by atoms with E-state index in [1.54, 1.807) is 43.2 Å². The van der Waals surface area contributed by atoms with Crippen LogP contribution in [0, 0.1) is 25.7 Å². The molecule has 1 aliphatic rings. The second-order valence-corrected chi connectivity index (χ2v) is 10.8. The fraction of sp³-hybridized carbons (Fsp3) is 0.393. The number of rotatable bonds is 7. The number of nitrogens with two attached hydrogens (primary N) is 1. The number of amides is 4. The van der Waals surface area contributed by atoms with Gasteiger partial charge in [-0.2, -0.15) is 0 Å². The van der Waals surface area contributed by atoms with E-state index in [4.69, 9.17) is 17.3 Å². The number of urea groups is 1. The summed E-state index contributed by atoms with van der Waals surface area (Å²) in [4.78, 5) is 51.8. The molecule has 3 heterocycles. The first-order valence-corrected chi connectivity index (χ1v) is 13.1. The molecule has 10 nitrogen and oxygen atoms in total. The molecule has 0 unspecified atom stereocenters. The van der Waals surface area contributed by atoms with Crippen LogP contribution in [0.3, 0.4) is 0 Å². The third-order valence-corrected chi connectivity index (χ3v) is 7.36. The minimum Gasteiger partial charge on any atom is -0.384 e. The molecule has 0 radical (unpaired) electrons. The molecule has 3 aromatic rings. The maximum atomic E-state index is 13.8. The van der Waals surface area contributed by atoms with Crippen molar-refractivity contribution in [3.63, 3.8) is 0 Å². The number of aromatic nitrogens is 3. The minimum absolute atomic E-state index is 0.00884. The maximum Gasteiger partial charge on any atom is 0.325 e. The van der Waals surface area contributed by atoms with Gasteiger partial charge in [0, 0.05) is 37.2 Å². The van der Waals surface area contributed by atoms with Crippen molar-refractivity contribution in [1.82, 2.24) is 24.8 Å². The van der Waals surface area contributed by atoms with Crippen LogP contribution in [0.25, 0.3) is 0 Å². The standard InChI is InChI=1S/C28H34ClN7O3/c1-15(2)23(20-14-19(29)8-7-16(20)3)33-28(39)36-24(26(38)35(6)27-31-9-10-34(27)5)21(25(36)37)12-18-11-17(4)32-22(30)13-18/h7-11,13-15,21,23-24H,12H2,1-6H3,(H2,30,32)(H,33,39)/t21-,23-,24+/m1/s1. The second-order valence-electron chi connectivity index (χ2n) is 10.4. The fourth-order valence-electron chi connectivity index (χ4n) is 5.13. The van der Waals surface area contributed by atoms with Gasteiger partial charge in [-0.15, -0.1) is 0 Å². The monoisotopic (exact) mass is 551 g/mol. The van der Waals surface area contributed by atoms with Gasteiger partial charge in [-0.3, -0.25) is 19.4 Å². The molecule has 0 aliphatic carbocycles. The number of likely N-dealkylation sites (N-methyl/N-ethyl adjacent to an activating group) is 1. The Kier molecular flexibility index (Phi) is 7.96. The number of pyridine rings is 1. The van der Waals surface area contributed by atoms with Crippen molar-refractivity contribution in [2.75, 3.05) is 17.7 Å². The van der Waals surface area contributed by atoms with Crippen LogP contribution in [0.1, 0.15) is 42.3 Å². The fourth-order valence-corrected chi connectivity index (χ4v) is 5.31. The van der Waals surface area contributed by atoms with Crippen LogP contribution >= 0.6 is 11.6 Å². The van der Waals surface area contributed by atoms with E-state index in [1.165, 1.54) is 4.90 Å². The molecular weight excluding hydrogens is 518 g/mol. The van der Waals surface area contributed by atoms with Crippen LogP contribution in [0.4, 0.5) is 16.6 Å². The predicted octanol–water partition coefficient (Wildman–Crippen LogP) is 3.81. The topological polar surface area (TPSA) is 126 Å². The lowest BCUT2D eigenvalue weighted by Gasteiger charge is -2.46. The summed E-state index contributed by atoms with van der Waals surface area (Å²) >= 11 is 6.26. The molecule has 4 amide bonds. The Labute approximate surface area is 233 Å². The minimum atomic E-state index is -1.03. The lowest BCUT2D eigenvalue weighted by molar-refractivity contribution is -0.156. The van der Waals surface area contributed by atoms with Crippen LogP contribution in [0.5, 0.6) is 0 Å². The van der Waals surface area contributed by atoms with E-state index < -0.39 is 35.8 Å². The molecule has 1 aliphatic heterocycles. The van der Waals surface area contributed by atoms with E-state index in [0.29, 0.717) is 22.5 Å². The number of nitrogens with one attached hydrogen (secondary N) is 1. The SMILES string of the molecule is Cc1cc(C[C@H]2C(=O)N(C(=O)N[C@@H](c3cc(Cl)ccc3C)C(C)C)[C@@H]2C(=O)N(C)c2nccn2C)cc(N)n1. The van der Waals surface area contributed by atoms with Gasteiger partial charge in [0.2, 0.25) is 11.9 Å². The van der Waals surface area contributed by atoms with Crippen LogP contribution < -0.4 is 16.0 Å². The largest absolute Gasteiger partial charge is 0.384 e. The Balaban J connectivity index is 1.66. The molecule has 0 bridgehead atoms. The van der Waals surface area contributed by atoms with E-state index in [-0.39, 0.29) is 12.3 Å². The highest BCUT2D eigenvalue weighted by molar-refractivity contribution is 6.30. The first-order chi connectivity index (χ1) is 18.4. The molecule has 1 fully saturated rings. The number of halogens is 1. The molecule has 0 saturated carbocycles. The summed E-state index contributed by atoms with van der Waals surface area (Å²) in [7, 11) is 3.35. The molecule has 1 saturated heterocycles. The van der Waals surface area contributed by atoms with Crippen molar-refractivity contribution in [3.05, 3.63) is 70.1 Å². The number of anilines is 2. The highest BCUT2D eigenvalue weighted by Crippen LogP contribution is 2.34. The molecule has 0 spiro atoms. The van der Waals surface area contributed by atoms with E-state index in [2.05, 4.69) is 15.3 Å². The number of hydrogen-bond donors (Lipinski definition) is 2. The molecule has 2 aromatic heterocycles. The number of imide groups is 1. The third-order valence-electron chi connectivity index (χ3n) is 7.12. The van der Waals surface area contributed by atoms with Crippen molar-refractivity contribution in [3.8, 4) is 0 Å². The van der Waals surface area contributed by atoms with Crippen LogP contribution in [0.2, 0.25) is 5.02 Å². The summed E-state index contributed by atoms with van der Waals surface area (Å²) in [5, 5.41) is 3.54. The lowest BCUT2D eigenvalue weighted by Crippen LogP contribution is -2.70. The summed E-state index contributed by atoms with van der Waals surface area (Å²) in [5.74, 6) is -0.878. The smallest absolute Gasteiger partial charge is 0.325 e. The quantitative estimate of drug-likeness (QED) is 0.430. The highest BCUT2D eigenvalue weighted by Gasteiger charge is 2.55. The molecule has 206 valence electrons. The highest BCUT2D eigenvalue weighted by atomic mass is 35.5. The van der Waals surface area contributed by atoms with Crippen LogP contribution in [0.15, 0.2) is 42.7 Å². The van der Waals surface area contributed by atoms with Gasteiger partial charge in [-0.05, 0) is 67.1 Å². The summed E-state index contributed by atoms with van der Waals surface area (Å²) in [6, 6.07) is 6.93. The maximum absolute atomic E-state index is 13.8. The van der Waals surface area contributed by atoms with Gasteiger partial charge in [0.05, 0.1) is 12.0 Å². The molecule has 11 heteroatoms. The number of hydrogen-bond acceptors (Lipinski definition) is 6. The van der Waals surface area contributed by atoms with E-state index in [0.717, 1.165) is 21.6 Å². The van der Waals surface area contributed by atoms with E-state index in [9.17, 15) is 14.4 Å². The first kappa shape index (κ1) is 28.1. The number of β-lactam (4-membered cyclic amide) rings is 1. The molecule has 4 rings (SSSR count). The van der Waals surface area contributed by atoms with Gasteiger partial charge in [0.15, 0.2) is 0 Å². The Hall–Kier alpha value is -3.92. The lowest BCUT2D eigenvalue weighted by atomic mass is 9.81. The van der Waals surface area contributed by atoms with E-state index in [1.807, 2.05) is 45.9 Å². The van der Waals surface area contributed by atoms with Gasteiger partial charge in [-0.25, -0.2) is 14.8 Å². The zero-order valence-electron chi connectivity index (χ0n) is 23.0. The number of imidazole rings is 1. The van der Waals surface area contributed by atoms with Gasteiger partial charge in [0.1, 0.15) is 11.9 Å². The average Bonchev–Trinajstić information content (AvgIpc) is 3.29. The molecule has 39 heavy (non-hydrogen) atoms. The Morgan fingerprint density at radius 3 is 2.54 bits per heavy atom. The Morgan fingerprint density at radius 2 is 1.92 bits per heavy atom. The number of carbonyl (C=O) groups is 3. The number of likely N-dealkylation sites (tertiary alicyclic amines) is 1. The second kappa shape index (κ2) is 11.1. The summed E-state index contributed by atoms with van der Waals surface area (Å²) < 4.78 is 1.70. The van der Waals surface area contributed by atoms with E-state index >= 15 is 0 Å². The molecule has 3 atom stereocenters. The van der Waals surface area contributed by atoms with Crippen molar-refractivity contribution in [2.24, 2.45) is 18.9 Å². The first-order valence-electron chi connectivity index (χ1n) is 12.8. The number of benzene rings is 1. The molecule has 3 N–H and O–H groups in total. The zero-order chi connectivity index (χ0) is 28.6. The third kappa shape index (κ3) is 5.61. The van der Waals surface area contributed by atoms with Gasteiger partial charge in [0.25, 0.3) is 5.91 Å². The van der Waals surface area contributed by atoms with Crippen molar-refractivity contribution in [1.29, 1.82) is 0 Å². The van der Waals surface area contributed by atoms with Crippen LogP contribution in [-0.2, 0) is 23.1 Å². The summed E-state index contributed by atoms with van der Waals surface area (Å²) in [6.45, 7) is 7.69. The number of carbonyl (C=O) groups excluding carboxylic acids is 3. The number of nitrogen functional groups attached to an aromatic ring is 1. The van der Waals surface area contributed by atoms with Gasteiger partial charge >= 0.3 is 6.03 Å². The Morgan fingerprint density at radius 1 is 1.21 bits per heavy atom. The predicted molar refractivity (Wildman–Crippen MR) is 150 cm³/mol. The average molecular weight is 552 g/mol. The summed E-state index contributed by atoms with van der Waals surface area (Å²) in [5.41, 5.74) is 9.21. The number of nitrogens with zero attached hydrogens (tertiary/aromatic N) is 5. The number of aryl methyl sites for hydroxylation is 3. The molecular formula is C28H34ClN7O3.